The number of nitrogens with one attached hydrogen (secondary N) is 2. The van der Waals surface area contributed by atoms with Crippen LogP contribution >= 0.6 is 0 Å². The Labute approximate surface area is 144 Å². The predicted molar refractivity (Wildman–Crippen MR) is 89.3 cm³/mol. The predicted octanol–water partition coefficient (Wildman–Crippen LogP) is 2.26. The summed E-state index contributed by atoms with van der Waals surface area (Å²) in [5, 5.41) is 4.96. The van der Waals surface area contributed by atoms with Gasteiger partial charge in [-0.1, -0.05) is 24.3 Å². The second-order valence-electron chi connectivity index (χ2n) is 5.21. The maximum Gasteiger partial charge on any atom is 0.338 e. The quantitative estimate of drug-likeness (QED) is 0.787. The van der Waals surface area contributed by atoms with Gasteiger partial charge in [-0.3, -0.25) is 9.59 Å². The summed E-state index contributed by atoms with van der Waals surface area (Å²) in [6, 6.07) is 12.1. The molecule has 2 amide bonds. The maximum absolute atomic E-state index is 13.4. The smallest absolute Gasteiger partial charge is 0.338 e. The highest BCUT2D eigenvalue weighted by atomic mass is 19.1. The number of carbonyl (C=O) groups is 3. The molecule has 0 bridgehead atoms. The summed E-state index contributed by atoms with van der Waals surface area (Å²) in [5.74, 6) is -2.03. The van der Waals surface area contributed by atoms with E-state index < -0.39 is 24.3 Å². The van der Waals surface area contributed by atoms with E-state index in [4.69, 9.17) is 4.74 Å². The highest BCUT2D eigenvalue weighted by Crippen LogP contribution is 2.12. The van der Waals surface area contributed by atoms with Crippen LogP contribution in [0.4, 0.5) is 10.1 Å². The van der Waals surface area contributed by atoms with Crippen molar-refractivity contribution in [2.45, 2.75) is 13.5 Å². The third-order valence-corrected chi connectivity index (χ3v) is 3.21. The van der Waals surface area contributed by atoms with Crippen molar-refractivity contribution in [2.24, 2.45) is 0 Å². The Bertz CT molecular complexity index is 775. The second kappa shape index (κ2) is 8.58. The molecule has 25 heavy (non-hydrogen) atoms. The standard InChI is InChI=1S/C18H17FN2O4/c1-12(22)20-10-13-6-8-14(9-7-13)18(24)25-11-17(23)21-16-5-3-2-4-15(16)19/h2-9H,10-11H2,1H3,(H,20,22)(H,21,23). The molecule has 2 N–H and O–H groups in total. The Morgan fingerprint density at radius 1 is 1.04 bits per heavy atom. The van der Waals surface area contributed by atoms with Gasteiger partial charge in [0.05, 0.1) is 11.3 Å². The van der Waals surface area contributed by atoms with E-state index in [0.29, 0.717) is 6.54 Å². The first-order valence-electron chi connectivity index (χ1n) is 7.50. The first kappa shape index (κ1) is 18.1. The van der Waals surface area contributed by atoms with E-state index in [1.807, 2.05) is 0 Å². The normalized spacial score (nSPS) is 10.0. The van der Waals surface area contributed by atoms with Gasteiger partial charge in [0.2, 0.25) is 5.91 Å². The molecule has 2 aromatic carbocycles. The van der Waals surface area contributed by atoms with Gasteiger partial charge >= 0.3 is 5.97 Å². The fraction of sp³-hybridized carbons (Fsp3) is 0.167. The van der Waals surface area contributed by atoms with Crippen molar-refractivity contribution in [3.63, 3.8) is 0 Å². The largest absolute Gasteiger partial charge is 0.452 e. The molecular formula is C18H17FN2O4. The van der Waals surface area contributed by atoms with Crippen molar-refractivity contribution in [1.29, 1.82) is 0 Å². The monoisotopic (exact) mass is 344 g/mol. The number of carbonyl (C=O) groups excluding carboxylic acids is 3. The number of ether oxygens (including phenoxy) is 1. The number of para-hydroxylation sites is 1. The van der Waals surface area contributed by atoms with Crippen molar-refractivity contribution in [2.75, 3.05) is 11.9 Å². The lowest BCUT2D eigenvalue weighted by atomic mass is 10.1. The lowest BCUT2D eigenvalue weighted by molar-refractivity contribution is -0.119. The minimum atomic E-state index is -0.672. The van der Waals surface area contributed by atoms with Crippen molar-refractivity contribution >= 4 is 23.5 Å². The summed E-state index contributed by atoms with van der Waals surface area (Å²) in [6.07, 6.45) is 0. The molecule has 0 heterocycles. The summed E-state index contributed by atoms with van der Waals surface area (Å²) in [4.78, 5) is 34.5. The molecular weight excluding hydrogens is 327 g/mol. The summed E-state index contributed by atoms with van der Waals surface area (Å²) in [7, 11) is 0. The Morgan fingerprint density at radius 2 is 1.72 bits per heavy atom. The van der Waals surface area contributed by atoms with Crippen LogP contribution in [0, 0.1) is 5.82 Å². The number of hydrogen-bond donors (Lipinski definition) is 2. The molecule has 0 saturated carbocycles. The Hall–Kier alpha value is -3.22. The number of halogens is 1. The van der Waals surface area contributed by atoms with Crippen LogP contribution in [0.15, 0.2) is 48.5 Å². The lowest BCUT2D eigenvalue weighted by Gasteiger charge is -2.08. The summed E-state index contributed by atoms with van der Waals surface area (Å²) < 4.78 is 18.3. The molecule has 0 aliphatic heterocycles. The first-order chi connectivity index (χ1) is 12.0. The molecule has 0 aliphatic rings. The SMILES string of the molecule is CC(=O)NCc1ccc(C(=O)OCC(=O)Nc2ccccc2F)cc1. The van der Waals surface area contributed by atoms with Gasteiger partial charge in [-0.25, -0.2) is 9.18 Å². The van der Waals surface area contributed by atoms with Crippen molar-refractivity contribution in [3.8, 4) is 0 Å². The van der Waals surface area contributed by atoms with Gasteiger partial charge in [-0.15, -0.1) is 0 Å². The van der Waals surface area contributed by atoms with Gasteiger partial charge in [-0.2, -0.15) is 0 Å². The average Bonchev–Trinajstić information content (AvgIpc) is 2.60. The molecule has 130 valence electrons. The second-order valence-corrected chi connectivity index (χ2v) is 5.21. The molecule has 0 radical (unpaired) electrons. The zero-order chi connectivity index (χ0) is 18.2. The number of benzene rings is 2. The molecule has 0 atom stereocenters. The first-order valence-corrected chi connectivity index (χ1v) is 7.50. The van der Waals surface area contributed by atoms with E-state index in [1.165, 1.54) is 37.3 Å². The van der Waals surface area contributed by atoms with Crippen LogP contribution in [0.25, 0.3) is 0 Å². The summed E-state index contributed by atoms with van der Waals surface area (Å²) in [6.45, 7) is 1.24. The van der Waals surface area contributed by atoms with Crippen LogP contribution in [-0.4, -0.2) is 24.4 Å². The molecule has 0 saturated heterocycles. The lowest BCUT2D eigenvalue weighted by Crippen LogP contribution is -2.21. The van der Waals surface area contributed by atoms with Gasteiger partial charge in [0, 0.05) is 13.5 Å². The molecule has 0 aromatic heterocycles. The van der Waals surface area contributed by atoms with Crippen LogP contribution in [-0.2, 0) is 20.9 Å². The maximum atomic E-state index is 13.4. The molecule has 2 rings (SSSR count). The van der Waals surface area contributed by atoms with E-state index in [-0.39, 0.29) is 17.2 Å². The molecule has 6 nitrogen and oxygen atoms in total. The molecule has 0 fully saturated rings. The third kappa shape index (κ3) is 5.72. The number of anilines is 1. The zero-order valence-corrected chi connectivity index (χ0v) is 13.5. The third-order valence-electron chi connectivity index (χ3n) is 3.21. The molecule has 2 aromatic rings. The molecule has 0 aliphatic carbocycles. The van der Waals surface area contributed by atoms with E-state index in [9.17, 15) is 18.8 Å². The number of rotatable bonds is 6. The number of hydrogen-bond acceptors (Lipinski definition) is 4. The minimum Gasteiger partial charge on any atom is -0.452 e. The topological polar surface area (TPSA) is 84.5 Å². The fourth-order valence-corrected chi connectivity index (χ4v) is 1.95. The Morgan fingerprint density at radius 3 is 2.36 bits per heavy atom. The van der Waals surface area contributed by atoms with E-state index in [2.05, 4.69) is 10.6 Å². The number of esters is 1. The van der Waals surface area contributed by atoms with Crippen LogP contribution in [0.5, 0.6) is 0 Å². The highest BCUT2D eigenvalue weighted by molar-refractivity contribution is 5.95. The van der Waals surface area contributed by atoms with Crippen LogP contribution in [0.3, 0.4) is 0 Å². The van der Waals surface area contributed by atoms with Crippen molar-refractivity contribution < 1.29 is 23.5 Å². The Balaban J connectivity index is 1.84. The summed E-state index contributed by atoms with van der Waals surface area (Å²) in [5.41, 5.74) is 1.11. The van der Waals surface area contributed by atoms with Crippen LogP contribution in [0.1, 0.15) is 22.8 Å². The van der Waals surface area contributed by atoms with Gasteiger partial charge in [0.25, 0.3) is 5.91 Å². The van der Waals surface area contributed by atoms with E-state index in [0.717, 1.165) is 5.56 Å². The average molecular weight is 344 g/mol. The fourth-order valence-electron chi connectivity index (χ4n) is 1.95. The highest BCUT2D eigenvalue weighted by Gasteiger charge is 2.11. The van der Waals surface area contributed by atoms with E-state index in [1.54, 1.807) is 18.2 Å². The van der Waals surface area contributed by atoms with Crippen LogP contribution in [0.2, 0.25) is 0 Å². The zero-order valence-electron chi connectivity index (χ0n) is 13.5. The van der Waals surface area contributed by atoms with Gasteiger partial charge in [0.1, 0.15) is 5.82 Å². The molecule has 0 spiro atoms. The van der Waals surface area contributed by atoms with E-state index >= 15 is 0 Å². The van der Waals surface area contributed by atoms with Gasteiger partial charge in [-0.05, 0) is 29.8 Å². The Kier molecular flexibility index (Phi) is 6.22. The van der Waals surface area contributed by atoms with Crippen molar-refractivity contribution in [3.05, 3.63) is 65.5 Å². The van der Waals surface area contributed by atoms with Gasteiger partial charge in [0.15, 0.2) is 6.61 Å². The molecule has 7 heteroatoms. The van der Waals surface area contributed by atoms with Crippen LogP contribution < -0.4 is 10.6 Å². The number of amides is 2. The van der Waals surface area contributed by atoms with Crippen molar-refractivity contribution in [1.82, 2.24) is 5.32 Å². The molecule has 0 unspecified atom stereocenters. The summed E-state index contributed by atoms with van der Waals surface area (Å²) >= 11 is 0. The minimum absolute atomic E-state index is 0.0193. The van der Waals surface area contributed by atoms with Gasteiger partial charge < -0.3 is 15.4 Å².